The lowest BCUT2D eigenvalue weighted by Gasteiger charge is -2.19. The highest BCUT2D eigenvalue weighted by atomic mass is 16.6. The zero-order valence-electron chi connectivity index (χ0n) is 13.1. The highest BCUT2D eigenvalue weighted by molar-refractivity contribution is 5.80. The van der Waals surface area contributed by atoms with Gasteiger partial charge in [0.2, 0.25) is 5.91 Å². The van der Waals surface area contributed by atoms with E-state index in [4.69, 9.17) is 9.47 Å². The number of ether oxygens (including phenoxy) is 2. The first-order valence-electron chi connectivity index (χ1n) is 7.66. The molecule has 2 N–H and O–H groups in total. The van der Waals surface area contributed by atoms with Crippen molar-refractivity contribution in [2.24, 2.45) is 0 Å². The summed E-state index contributed by atoms with van der Waals surface area (Å²) in [6, 6.07) is 13.7. The minimum atomic E-state index is -0.0543. The van der Waals surface area contributed by atoms with Crippen LogP contribution in [0.4, 0.5) is 5.69 Å². The van der Waals surface area contributed by atoms with Gasteiger partial charge in [0, 0.05) is 18.3 Å². The number of nitrogens with one attached hydrogen (secondary N) is 2. The van der Waals surface area contributed by atoms with Crippen LogP contribution in [0, 0.1) is 6.92 Å². The Morgan fingerprint density at radius 3 is 2.74 bits per heavy atom. The first-order chi connectivity index (χ1) is 11.2. The number of anilines is 1. The van der Waals surface area contributed by atoms with Crippen molar-refractivity contribution in [3.8, 4) is 11.5 Å². The van der Waals surface area contributed by atoms with E-state index >= 15 is 0 Å². The van der Waals surface area contributed by atoms with E-state index in [0.717, 1.165) is 17.0 Å². The van der Waals surface area contributed by atoms with Crippen LogP contribution in [-0.4, -0.2) is 25.7 Å². The molecule has 1 heterocycles. The van der Waals surface area contributed by atoms with Crippen LogP contribution in [-0.2, 0) is 11.3 Å². The number of fused-ring (bicyclic) bond motifs is 1. The van der Waals surface area contributed by atoms with E-state index in [9.17, 15) is 4.79 Å². The predicted molar refractivity (Wildman–Crippen MR) is 88.9 cm³/mol. The summed E-state index contributed by atoms with van der Waals surface area (Å²) >= 11 is 0. The molecule has 1 amide bonds. The molecule has 0 bridgehead atoms. The van der Waals surface area contributed by atoms with Gasteiger partial charge in [-0.15, -0.1) is 0 Å². The van der Waals surface area contributed by atoms with E-state index in [1.807, 2.05) is 43.3 Å². The molecular weight excluding hydrogens is 292 g/mol. The SMILES string of the molecule is Cc1cccc(CNC(=O)CNc2ccc3c(c2)OCCO3)c1. The van der Waals surface area contributed by atoms with Gasteiger partial charge in [0.1, 0.15) is 13.2 Å². The van der Waals surface area contributed by atoms with Gasteiger partial charge in [-0.3, -0.25) is 4.79 Å². The Balaban J connectivity index is 1.49. The number of amides is 1. The average molecular weight is 312 g/mol. The summed E-state index contributed by atoms with van der Waals surface area (Å²) in [6.07, 6.45) is 0. The fourth-order valence-electron chi connectivity index (χ4n) is 2.42. The van der Waals surface area contributed by atoms with Crippen LogP contribution in [0.15, 0.2) is 42.5 Å². The number of benzene rings is 2. The van der Waals surface area contributed by atoms with Crippen molar-refractivity contribution in [2.45, 2.75) is 13.5 Å². The van der Waals surface area contributed by atoms with Gasteiger partial charge in [0.05, 0.1) is 6.54 Å². The largest absolute Gasteiger partial charge is 0.486 e. The Morgan fingerprint density at radius 2 is 1.91 bits per heavy atom. The Hall–Kier alpha value is -2.69. The fraction of sp³-hybridized carbons (Fsp3) is 0.278. The van der Waals surface area contributed by atoms with Crippen LogP contribution in [0.5, 0.6) is 11.5 Å². The van der Waals surface area contributed by atoms with Crippen LogP contribution in [0.1, 0.15) is 11.1 Å². The maximum atomic E-state index is 11.9. The van der Waals surface area contributed by atoms with Crippen LogP contribution in [0.25, 0.3) is 0 Å². The molecule has 0 radical (unpaired) electrons. The molecule has 120 valence electrons. The van der Waals surface area contributed by atoms with E-state index in [-0.39, 0.29) is 12.5 Å². The van der Waals surface area contributed by atoms with Crippen molar-refractivity contribution < 1.29 is 14.3 Å². The summed E-state index contributed by atoms with van der Waals surface area (Å²) in [5, 5.41) is 6.00. The highest BCUT2D eigenvalue weighted by Gasteiger charge is 2.11. The number of carbonyl (C=O) groups is 1. The molecule has 2 aromatic rings. The summed E-state index contributed by atoms with van der Waals surface area (Å²) in [4.78, 5) is 11.9. The third-order valence-electron chi connectivity index (χ3n) is 3.57. The fourth-order valence-corrected chi connectivity index (χ4v) is 2.42. The van der Waals surface area contributed by atoms with Gasteiger partial charge in [0.25, 0.3) is 0 Å². The molecule has 1 aliphatic heterocycles. The van der Waals surface area contributed by atoms with Gasteiger partial charge in [-0.1, -0.05) is 29.8 Å². The van der Waals surface area contributed by atoms with Gasteiger partial charge >= 0.3 is 0 Å². The van der Waals surface area contributed by atoms with Crippen molar-refractivity contribution in [2.75, 3.05) is 25.1 Å². The molecule has 5 nitrogen and oxygen atoms in total. The third-order valence-corrected chi connectivity index (χ3v) is 3.57. The minimum absolute atomic E-state index is 0.0543. The standard InChI is InChI=1S/C18H20N2O3/c1-13-3-2-4-14(9-13)11-20-18(21)12-19-15-5-6-16-17(10-15)23-8-7-22-16/h2-6,9-10,19H,7-8,11-12H2,1H3,(H,20,21). The van der Waals surface area contributed by atoms with Gasteiger partial charge < -0.3 is 20.1 Å². The van der Waals surface area contributed by atoms with Crippen LogP contribution >= 0.6 is 0 Å². The number of hydrogen-bond donors (Lipinski definition) is 2. The Kier molecular flexibility index (Phi) is 4.66. The third kappa shape index (κ3) is 4.16. The second-order valence-corrected chi connectivity index (χ2v) is 5.48. The summed E-state index contributed by atoms with van der Waals surface area (Å²) in [7, 11) is 0. The van der Waals surface area contributed by atoms with Crippen molar-refractivity contribution in [3.05, 3.63) is 53.6 Å². The molecule has 0 aromatic heterocycles. The molecule has 3 rings (SSSR count). The topological polar surface area (TPSA) is 59.6 Å². The molecule has 0 unspecified atom stereocenters. The Labute approximate surface area is 135 Å². The molecule has 0 spiro atoms. The number of carbonyl (C=O) groups excluding carboxylic acids is 1. The molecule has 2 aromatic carbocycles. The predicted octanol–water partition coefficient (Wildman–Crippen LogP) is 2.49. The van der Waals surface area contributed by atoms with Crippen molar-refractivity contribution >= 4 is 11.6 Å². The number of hydrogen-bond acceptors (Lipinski definition) is 4. The lowest BCUT2D eigenvalue weighted by Crippen LogP contribution is -2.29. The monoisotopic (exact) mass is 312 g/mol. The van der Waals surface area contributed by atoms with Gasteiger partial charge in [-0.2, -0.15) is 0 Å². The smallest absolute Gasteiger partial charge is 0.239 e. The molecule has 5 heteroatoms. The second-order valence-electron chi connectivity index (χ2n) is 5.48. The average Bonchev–Trinajstić information content (AvgIpc) is 2.58. The van der Waals surface area contributed by atoms with Crippen LogP contribution in [0.2, 0.25) is 0 Å². The zero-order chi connectivity index (χ0) is 16.1. The highest BCUT2D eigenvalue weighted by Crippen LogP contribution is 2.32. The van der Waals surface area contributed by atoms with Crippen LogP contribution in [0.3, 0.4) is 0 Å². The first-order valence-corrected chi connectivity index (χ1v) is 7.66. The van der Waals surface area contributed by atoms with Crippen LogP contribution < -0.4 is 20.1 Å². The Bertz CT molecular complexity index is 700. The minimum Gasteiger partial charge on any atom is -0.486 e. The van der Waals surface area contributed by atoms with Gasteiger partial charge in [-0.05, 0) is 24.6 Å². The second kappa shape index (κ2) is 7.05. The number of rotatable bonds is 5. The lowest BCUT2D eigenvalue weighted by molar-refractivity contribution is -0.119. The zero-order valence-corrected chi connectivity index (χ0v) is 13.1. The van der Waals surface area contributed by atoms with Gasteiger partial charge in [0.15, 0.2) is 11.5 Å². The molecule has 0 fully saturated rings. The molecule has 0 saturated carbocycles. The molecule has 1 aliphatic rings. The maximum Gasteiger partial charge on any atom is 0.239 e. The van der Waals surface area contributed by atoms with E-state index in [2.05, 4.69) is 16.7 Å². The number of aryl methyl sites for hydroxylation is 1. The van der Waals surface area contributed by atoms with E-state index < -0.39 is 0 Å². The first kappa shape index (κ1) is 15.2. The molecule has 23 heavy (non-hydrogen) atoms. The maximum absolute atomic E-state index is 11.9. The van der Waals surface area contributed by atoms with Crippen molar-refractivity contribution in [1.82, 2.24) is 5.32 Å². The van der Waals surface area contributed by atoms with Gasteiger partial charge in [-0.25, -0.2) is 0 Å². The molecule has 0 aliphatic carbocycles. The Morgan fingerprint density at radius 1 is 1.09 bits per heavy atom. The summed E-state index contributed by atoms with van der Waals surface area (Å²) in [5.74, 6) is 1.40. The molecular formula is C18H20N2O3. The normalized spacial score (nSPS) is 12.6. The van der Waals surface area contributed by atoms with E-state index in [1.165, 1.54) is 5.56 Å². The summed E-state index contributed by atoms with van der Waals surface area (Å²) < 4.78 is 11.0. The molecule has 0 saturated heterocycles. The van der Waals surface area contributed by atoms with E-state index in [1.54, 1.807) is 0 Å². The lowest BCUT2D eigenvalue weighted by atomic mass is 10.1. The summed E-state index contributed by atoms with van der Waals surface area (Å²) in [6.45, 7) is 3.90. The summed E-state index contributed by atoms with van der Waals surface area (Å²) in [5.41, 5.74) is 3.11. The molecule has 0 atom stereocenters. The van der Waals surface area contributed by atoms with Crippen molar-refractivity contribution in [3.63, 3.8) is 0 Å². The van der Waals surface area contributed by atoms with E-state index in [0.29, 0.717) is 25.5 Å². The quantitative estimate of drug-likeness (QED) is 0.890. The van der Waals surface area contributed by atoms with Crippen molar-refractivity contribution in [1.29, 1.82) is 0 Å².